The van der Waals surface area contributed by atoms with E-state index in [1.54, 1.807) is 0 Å². The first kappa shape index (κ1) is 17.3. The number of likely N-dealkylation sites (tertiary alicyclic amines) is 1. The maximum Gasteiger partial charge on any atom is 0.409 e. The lowest BCUT2D eigenvalue weighted by Crippen LogP contribution is -2.53. The van der Waals surface area contributed by atoms with Gasteiger partial charge in [0.1, 0.15) is 12.1 Å². The Morgan fingerprint density at radius 3 is 2.52 bits per heavy atom. The van der Waals surface area contributed by atoms with Crippen LogP contribution >= 0.6 is 0 Å². The van der Waals surface area contributed by atoms with Crippen molar-refractivity contribution < 1.29 is 37.0 Å². The number of nitrogens with zero attached hydrogens (tertiary/aromatic N) is 1. The van der Waals surface area contributed by atoms with Gasteiger partial charge in [0.2, 0.25) is 5.91 Å². The first-order valence-corrected chi connectivity index (χ1v) is 6.33. The summed E-state index contributed by atoms with van der Waals surface area (Å²) in [5.74, 6) is -2.85. The summed E-state index contributed by atoms with van der Waals surface area (Å²) in [6.07, 6.45) is -6.16. The van der Waals surface area contributed by atoms with Crippen LogP contribution in [-0.2, 0) is 23.9 Å². The zero-order chi connectivity index (χ0) is 16.2. The molecule has 2 atom stereocenters. The highest BCUT2D eigenvalue weighted by Crippen LogP contribution is 2.34. The van der Waals surface area contributed by atoms with E-state index in [-0.39, 0.29) is 19.4 Å². The van der Waals surface area contributed by atoms with Crippen LogP contribution in [0.25, 0.3) is 0 Å². The van der Waals surface area contributed by atoms with E-state index in [1.165, 1.54) is 6.92 Å². The molecule has 0 N–H and O–H groups in total. The van der Waals surface area contributed by atoms with E-state index in [1.807, 2.05) is 0 Å². The standard InChI is InChI=1S/C12H16F3NO5/c1-3-21-10(18)6-8(12(13,14)15)16-7(11(19)20-2)4-5-9(16)17/h7-8H,3-6H2,1-2H3. The number of hydrogen-bond acceptors (Lipinski definition) is 5. The van der Waals surface area contributed by atoms with Crippen molar-refractivity contribution in [2.24, 2.45) is 0 Å². The van der Waals surface area contributed by atoms with Crippen LogP contribution in [0, 0.1) is 0 Å². The number of alkyl halides is 3. The van der Waals surface area contributed by atoms with E-state index < -0.39 is 42.5 Å². The molecular weight excluding hydrogens is 295 g/mol. The van der Waals surface area contributed by atoms with Crippen molar-refractivity contribution in [3.05, 3.63) is 0 Å². The fraction of sp³-hybridized carbons (Fsp3) is 0.750. The molecule has 1 aliphatic heterocycles. The molecule has 0 bridgehead atoms. The third kappa shape index (κ3) is 4.08. The number of methoxy groups -OCH3 is 1. The molecule has 0 aliphatic carbocycles. The molecule has 0 aromatic rings. The van der Waals surface area contributed by atoms with Gasteiger partial charge in [-0.05, 0) is 13.3 Å². The molecule has 6 nitrogen and oxygen atoms in total. The topological polar surface area (TPSA) is 72.9 Å². The summed E-state index contributed by atoms with van der Waals surface area (Å²) in [6, 6.07) is -3.72. The van der Waals surface area contributed by atoms with Gasteiger partial charge in [-0.15, -0.1) is 0 Å². The molecule has 21 heavy (non-hydrogen) atoms. The normalized spacial score (nSPS) is 20.3. The molecule has 1 aliphatic rings. The summed E-state index contributed by atoms with van der Waals surface area (Å²) in [6.45, 7) is 1.39. The molecule has 9 heteroatoms. The van der Waals surface area contributed by atoms with Gasteiger partial charge in [-0.2, -0.15) is 13.2 Å². The zero-order valence-corrected chi connectivity index (χ0v) is 11.6. The van der Waals surface area contributed by atoms with Crippen molar-refractivity contribution in [1.82, 2.24) is 4.90 Å². The molecule has 2 unspecified atom stereocenters. The molecule has 0 saturated carbocycles. The summed E-state index contributed by atoms with van der Waals surface area (Å²) >= 11 is 0. The van der Waals surface area contributed by atoms with E-state index in [0.717, 1.165) is 7.11 Å². The monoisotopic (exact) mass is 311 g/mol. The molecule has 120 valence electrons. The second-order valence-electron chi connectivity index (χ2n) is 4.45. The minimum atomic E-state index is -4.85. The van der Waals surface area contributed by atoms with Crippen molar-refractivity contribution in [3.63, 3.8) is 0 Å². The van der Waals surface area contributed by atoms with Gasteiger partial charge in [0.15, 0.2) is 0 Å². The van der Waals surface area contributed by atoms with Crippen LogP contribution in [0.1, 0.15) is 26.2 Å². The molecule has 0 aromatic heterocycles. The van der Waals surface area contributed by atoms with Crippen molar-refractivity contribution >= 4 is 17.8 Å². The molecule has 0 radical (unpaired) electrons. The van der Waals surface area contributed by atoms with Crippen molar-refractivity contribution in [2.75, 3.05) is 13.7 Å². The fourth-order valence-corrected chi connectivity index (χ4v) is 2.21. The first-order valence-electron chi connectivity index (χ1n) is 6.33. The number of ether oxygens (including phenoxy) is 2. The molecule has 1 heterocycles. The maximum absolute atomic E-state index is 13.1. The predicted molar refractivity (Wildman–Crippen MR) is 63.0 cm³/mol. The van der Waals surface area contributed by atoms with Crippen molar-refractivity contribution in [2.45, 2.75) is 44.4 Å². The summed E-state index contributed by atoms with van der Waals surface area (Å²) in [5, 5.41) is 0. The average molecular weight is 311 g/mol. The van der Waals surface area contributed by atoms with Crippen LogP contribution in [0.2, 0.25) is 0 Å². The molecular formula is C12H16F3NO5. The lowest BCUT2D eigenvalue weighted by molar-refractivity contribution is -0.199. The van der Waals surface area contributed by atoms with Crippen molar-refractivity contribution in [3.8, 4) is 0 Å². The Morgan fingerprint density at radius 2 is 2.05 bits per heavy atom. The second kappa shape index (κ2) is 6.77. The van der Waals surface area contributed by atoms with Gasteiger partial charge in [-0.1, -0.05) is 0 Å². The number of hydrogen-bond donors (Lipinski definition) is 0. The van der Waals surface area contributed by atoms with Crippen LogP contribution in [0.3, 0.4) is 0 Å². The van der Waals surface area contributed by atoms with Gasteiger partial charge in [0.25, 0.3) is 0 Å². The summed E-state index contributed by atoms with van der Waals surface area (Å²) in [5.41, 5.74) is 0. The van der Waals surface area contributed by atoms with E-state index in [2.05, 4.69) is 9.47 Å². The van der Waals surface area contributed by atoms with Crippen molar-refractivity contribution in [1.29, 1.82) is 0 Å². The SMILES string of the molecule is CCOC(=O)CC(N1C(=O)CCC1C(=O)OC)C(F)(F)F. The van der Waals surface area contributed by atoms with Gasteiger partial charge >= 0.3 is 18.1 Å². The van der Waals surface area contributed by atoms with Gasteiger partial charge in [-0.3, -0.25) is 9.59 Å². The Hall–Kier alpha value is -1.80. The highest BCUT2D eigenvalue weighted by Gasteiger charge is 2.52. The Bertz CT molecular complexity index is 424. The van der Waals surface area contributed by atoms with Gasteiger partial charge in [0.05, 0.1) is 20.1 Å². The van der Waals surface area contributed by atoms with Gasteiger partial charge < -0.3 is 14.4 Å². The highest BCUT2D eigenvalue weighted by molar-refractivity contribution is 5.89. The first-order chi connectivity index (χ1) is 9.72. The molecule has 1 fully saturated rings. The van der Waals surface area contributed by atoms with Crippen LogP contribution in [0.4, 0.5) is 13.2 Å². The molecule has 1 rings (SSSR count). The van der Waals surface area contributed by atoms with E-state index in [0.29, 0.717) is 4.90 Å². The largest absolute Gasteiger partial charge is 0.467 e. The Kier molecular flexibility index (Phi) is 5.56. The van der Waals surface area contributed by atoms with Crippen LogP contribution in [0.15, 0.2) is 0 Å². The Balaban J connectivity index is 3.02. The number of carbonyl (C=O) groups is 3. The third-order valence-corrected chi connectivity index (χ3v) is 3.11. The summed E-state index contributed by atoms with van der Waals surface area (Å²) < 4.78 is 48.3. The third-order valence-electron chi connectivity index (χ3n) is 3.11. The maximum atomic E-state index is 13.1. The fourth-order valence-electron chi connectivity index (χ4n) is 2.21. The number of halogens is 3. The Labute approximate surface area is 119 Å². The number of esters is 2. The van der Waals surface area contributed by atoms with E-state index in [4.69, 9.17) is 0 Å². The Morgan fingerprint density at radius 1 is 1.43 bits per heavy atom. The number of carbonyl (C=O) groups excluding carboxylic acids is 3. The van der Waals surface area contributed by atoms with Gasteiger partial charge in [0, 0.05) is 6.42 Å². The highest BCUT2D eigenvalue weighted by atomic mass is 19.4. The quantitative estimate of drug-likeness (QED) is 0.709. The zero-order valence-electron chi connectivity index (χ0n) is 11.6. The molecule has 0 aromatic carbocycles. The number of rotatable bonds is 5. The molecule has 1 amide bonds. The number of amides is 1. The minimum absolute atomic E-state index is 0.0685. The smallest absolute Gasteiger partial charge is 0.409 e. The van der Waals surface area contributed by atoms with E-state index in [9.17, 15) is 27.6 Å². The lowest BCUT2D eigenvalue weighted by atomic mass is 10.1. The summed E-state index contributed by atoms with van der Waals surface area (Å²) in [4.78, 5) is 34.9. The average Bonchev–Trinajstić information content (AvgIpc) is 2.76. The summed E-state index contributed by atoms with van der Waals surface area (Å²) in [7, 11) is 1.03. The molecule has 0 spiro atoms. The van der Waals surface area contributed by atoms with Gasteiger partial charge in [-0.25, -0.2) is 4.79 Å². The second-order valence-corrected chi connectivity index (χ2v) is 4.45. The predicted octanol–water partition coefficient (Wildman–Crippen LogP) is 1.03. The minimum Gasteiger partial charge on any atom is -0.467 e. The van der Waals surface area contributed by atoms with Crippen LogP contribution in [-0.4, -0.2) is 54.7 Å². The molecule has 1 saturated heterocycles. The van der Waals surface area contributed by atoms with Crippen LogP contribution in [0.5, 0.6) is 0 Å². The lowest BCUT2D eigenvalue weighted by Gasteiger charge is -2.32. The van der Waals surface area contributed by atoms with E-state index >= 15 is 0 Å². The van der Waals surface area contributed by atoms with Crippen LogP contribution < -0.4 is 0 Å².